The molecule has 1 aromatic carbocycles. The first kappa shape index (κ1) is 14.7. The molecule has 0 bridgehead atoms. The topological polar surface area (TPSA) is 102 Å². The van der Waals surface area contributed by atoms with Gasteiger partial charge in [-0.2, -0.15) is 13.5 Å². The lowest BCUT2D eigenvalue weighted by atomic mass is 9.74. The van der Waals surface area contributed by atoms with Crippen molar-refractivity contribution in [1.82, 2.24) is 4.83 Å². The first-order valence-electron chi connectivity index (χ1n) is 6.88. The van der Waals surface area contributed by atoms with E-state index in [2.05, 4.69) is 22.1 Å². The van der Waals surface area contributed by atoms with Gasteiger partial charge in [-0.3, -0.25) is 10.1 Å². The van der Waals surface area contributed by atoms with Gasteiger partial charge in [0, 0.05) is 23.3 Å². The number of rotatable bonds is 4. The number of nitrogens with one attached hydrogen (secondary N) is 1. The van der Waals surface area contributed by atoms with Crippen molar-refractivity contribution in [2.75, 3.05) is 0 Å². The van der Waals surface area contributed by atoms with E-state index in [4.69, 9.17) is 0 Å². The van der Waals surface area contributed by atoms with Crippen LogP contribution in [-0.4, -0.2) is 19.1 Å². The van der Waals surface area contributed by atoms with Gasteiger partial charge in [-0.05, 0) is 31.7 Å². The van der Waals surface area contributed by atoms with E-state index in [-0.39, 0.29) is 10.6 Å². The summed E-state index contributed by atoms with van der Waals surface area (Å²) >= 11 is 0. The normalized spacial score (nSPS) is 24.9. The van der Waals surface area contributed by atoms with Gasteiger partial charge in [0.15, 0.2) is 0 Å². The van der Waals surface area contributed by atoms with Crippen LogP contribution in [0.1, 0.15) is 18.4 Å². The Hall–Kier alpha value is -2.22. The van der Waals surface area contributed by atoms with Crippen molar-refractivity contribution in [2.24, 2.45) is 16.9 Å². The molecule has 2 aliphatic rings. The number of hydrogen-bond acceptors (Lipinski definition) is 5. The van der Waals surface area contributed by atoms with Gasteiger partial charge in [0.2, 0.25) is 0 Å². The van der Waals surface area contributed by atoms with Crippen LogP contribution in [0, 0.1) is 28.9 Å². The van der Waals surface area contributed by atoms with E-state index < -0.39 is 14.9 Å². The molecule has 2 atom stereocenters. The predicted molar refractivity (Wildman–Crippen MR) is 80.9 cm³/mol. The van der Waals surface area contributed by atoms with Crippen LogP contribution in [0.4, 0.5) is 5.69 Å². The van der Waals surface area contributed by atoms with Crippen molar-refractivity contribution in [2.45, 2.75) is 24.7 Å². The summed E-state index contributed by atoms with van der Waals surface area (Å²) in [5.74, 6) is 0.777. The number of aryl methyl sites for hydroxylation is 1. The summed E-state index contributed by atoms with van der Waals surface area (Å²) in [6.07, 6.45) is 5.86. The molecule has 22 heavy (non-hydrogen) atoms. The number of hydrazone groups is 1. The third kappa shape index (κ3) is 2.50. The highest BCUT2D eigenvalue weighted by atomic mass is 32.2. The SMILES string of the molecule is Cc1ccc(S(=O)(=O)N/N=C2/C[C@H]3C=CC[C@@H]23)cc1[N+](=O)[O-]. The van der Waals surface area contributed by atoms with E-state index in [1.807, 2.05) is 0 Å². The number of sulfonamides is 1. The van der Waals surface area contributed by atoms with E-state index in [9.17, 15) is 18.5 Å². The molecule has 8 heteroatoms. The fourth-order valence-corrected chi connectivity index (χ4v) is 3.64. The fourth-order valence-electron chi connectivity index (χ4n) is 2.79. The Balaban J connectivity index is 1.80. The summed E-state index contributed by atoms with van der Waals surface area (Å²) in [5, 5.41) is 14.9. The minimum atomic E-state index is -3.90. The Kier molecular flexibility index (Phi) is 3.48. The van der Waals surface area contributed by atoms with Crippen molar-refractivity contribution in [3.05, 3.63) is 46.0 Å². The minimum Gasteiger partial charge on any atom is -0.258 e. The molecule has 0 amide bonds. The van der Waals surface area contributed by atoms with Crippen LogP contribution in [0.15, 0.2) is 40.3 Å². The molecule has 0 unspecified atom stereocenters. The van der Waals surface area contributed by atoms with Crippen molar-refractivity contribution in [1.29, 1.82) is 0 Å². The van der Waals surface area contributed by atoms with Gasteiger partial charge in [-0.25, -0.2) is 4.83 Å². The van der Waals surface area contributed by atoms with E-state index in [1.165, 1.54) is 12.1 Å². The maximum absolute atomic E-state index is 12.2. The molecular weight excluding hydrogens is 306 g/mol. The standard InChI is InChI=1S/C14H15N3O4S/c1-9-5-6-11(8-14(9)17(18)19)22(20,21)16-15-13-7-10-3-2-4-12(10)13/h2-3,5-6,8,10,12,16H,4,7H2,1H3/b15-13-/t10-,12-/m1/s1. The smallest absolute Gasteiger partial charge is 0.258 e. The van der Waals surface area contributed by atoms with Gasteiger partial charge >= 0.3 is 0 Å². The molecule has 2 aliphatic carbocycles. The highest BCUT2D eigenvalue weighted by Crippen LogP contribution is 2.40. The number of nitro groups is 1. The second-order valence-electron chi connectivity index (χ2n) is 5.54. The summed E-state index contributed by atoms with van der Waals surface area (Å²) in [6.45, 7) is 1.56. The van der Waals surface area contributed by atoms with Crippen LogP contribution in [-0.2, 0) is 10.0 Å². The lowest BCUT2D eigenvalue weighted by Gasteiger charge is -2.31. The number of allylic oxidation sites excluding steroid dienone is 2. The summed E-state index contributed by atoms with van der Waals surface area (Å²) in [4.78, 5) is 12.3. The Morgan fingerprint density at radius 3 is 2.86 bits per heavy atom. The molecule has 0 aromatic heterocycles. The molecule has 1 fully saturated rings. The third-order valence-corrected chi connectivity index (χ3v) is 5.37. The average Bonchev–Trinajstić information content (AvgIpc) is 2.80. The van der Waals surface area contributed by atoms with Crippen LogP contribution in [0.25, 0.3) is 0 Å². The largest absolute Gasteiger partial charge is 0.276 e. The molecule has 1 aromatic rings. The van der Waals surface area contributed by atoms with Crippen molar-refractivity contribution in [3.63, 3.8) is 0 Å². The van der Waals surface area contributed by atoms with Crippen LogP contribution in [0.5, 0.6) is 0 Å². The third-order valence-electron chi connectivity index (χ3n) is 4.16. The first-order valence-corrected chi connectivity index (χ1v) is 8.37. The van der Waals surface area contributed by atoms with Crippen molar-refractivity contribution >= 4 is 21.4 Å². The Morgan fingerprint density at radius 1 is 1.41 bits per heavy atom. The summed E-state index contributed by atoms with van der Waals surface area (Å²) in [6, 6.07) is 3.81. The zero-order chi connectivity index (χ0) is 15.9. The number of nitro benzene ring substituents is 1. The molecule has 7 nitrogen and oxygen atoms in total. The minimum absolute atomic E-state index is 0.158. The van der Waals surface area contributed by atoms with Crippen LogP contribution in [0.3, 0.4) is 0 Å². The lowest BCUT2D eigenvalue weighted by Crippen LogP contribution is -2.35. The van der Waals surface area contributed by atoms with Crippen LogP contribution >= 0.6 is 0 Å². The Bertz CT molecular complexity index is 798. The van der Waals surface area contributed by atoms with Crippen LogP contribution in [0.2, 0.25) is 0 Å². The molecule has 0 heterocycles. The second-order valence-corrected chi connectivity index (χ2v) is 7.20. The Morgan fingerprint density at radius 2 is 2.18 bits per heavy atom. The van der Waals surface area contributed by atoms with Gasteiger partial charge in [-0.15, -0.1) is 0 Å². The highest BCUT2D eigenvalue weighted by molar-refractivity contribution is 7.89. The van der Waals surface area contributed by atoms with E-state index >= 15 is 0 Å². The predicted octanol–water partition coefficient (Wildman–Crippen LogP) is 2.13. The average molecular weight is 321 g/mol. The molecular formula is C14H15N3O4S. The number of nitrogens with zero attached hydrogens (tertiary/aromatic N) is 2. The monoisotopic (exact) mass is 321 g/mol. The molecule has 0 spiro atoms. The summed E-state index contributed by atoms with van der Waals surface area (Å²) in [5.41, 5.74) is 1.02. The molecule has 0 aliphatic heterocycles. The Labute approximate surface area is 127 Å². The van der Waals surface area contributed by atoms with Gasteiger partial charge in [0.25, 0.3) is 15.7 Å². The van der Waals surface area contributed by atoms with Gasteiger partial charge < -0.3 is 0 Å². The zero-order valence-electron chi connectivity index (χ0n) is 11.9. The van der Waals surface area contributed by atoms with Crippen LogP contribution < -0.4 is 4.83 Å². The summed E-state index contributed by atoms with van der Waals surface area (Å²) < 4.78 is 24.4. The zero-order valence-corrected chi connectivity index (χ0v) is 12.7. The molecule has 0 saturated heterocycles. The maximum atomic E-state index is 12.2. The second kappa shape index (κ2) is 5.20. The molecule has 1 N–H and O–H groups in total. The summed E-state index contributed by atoms with van der Waals surface area (Å²) in [7, 11) is -3.90. The number of benzene rings is 1. The first-order chi connectivity index (χ1) is 10.4. The molecule has 1 saturated carbocycles. The molecule has 0 radical (unpaired) electrons. The number of hydrogen-bond donors (Lipinski definition) is 1. The fraction of sp³-hybridized carbons (Fsp3) is 0.357. The van der Waals surface area contributed by atoms with Gasteiger partial charge in [-0.1, -0.05) is 18.2 Å². The van der Waals surface area contributed by atoms with E-state index in [1.54, 1.807) is 6.92 Å². The molecule has 116 valence electrons. The lowest BCUT2D eigenvalue weighted by molar-refractivity contribution is -0.385. The van der Waals surface area contributed by atoms with Crippen molar-refractivity contribution in [3.8, 4) is 0 Å². The van der Waals surface area contributed by atoms with Gasteiger partial charge in [0.1, 0.15) is 0 Å². The van der Waals surface area contributed by atoms with Gasteiger partial charge in [0.05, 0.1) is 9.82 Å². The quantitative estimate of drug-likeness (QED) is 0.521. The number of fused-ring (bicyclic) bond motifs is 1. The van der Waals surface area contributed by atoms with E-state index in [0.29, 0.717) is 17.4 Å². The van der Waals surface area contributed by atoms with Crippen molar-refractivity contribution < 1.29 is 13.3 Å². The molecule has 3 rings (SSSR count). The maximum Gasteiger partial charge on any atom is 0.276 e. The highest BCUT2D eigenvalue weighted by Gasteiger charge is 2.38. The van der Waals surface area contributed by atoms with E-state index in [0.717, 1.165) is 24.6 Å².